The van der Waals surface area contributed by atoms with E-state index in [2.05, 4.69) is 0 Å². The van der Waals surface area contributed by atoms with Crippen molar-refractivity contribution in [2.75, 3.05) is 20.2 Å². The van der Waals surface area contributed by atoms with Crippen molar-refractivity contribution in [1.29, 1.82) is 0 Å². The lowest BCUT2D eigenvalue weighted by Crippen LogP contribution is -2.29. The zero-order chi connectivity index (χ0) is 13.1. The quantitative estimate of drug-likeness (QED) is 0.817. The number of aliphatic hydroxyl groups excluding tert-OH is 1. The van der Waals surface area contributed by atoms with E-state index in [0.29, 0.717) is 6.54 Å². The molecule has 0 aliphatic rings. The Balaban J connectivity index is 3.16. The lowest BCUT2D eigenvalue weighted by atomic mass is 10.2. The number of rotatable bonds is 5. The Morgan fingerprint density at radius 3 is 2.59 bits per heavy atom. The Morgan fingerprint density at radius 2 is 2.12 bits per heavy atom. The van der Waals surface area contributed by atoms with Gasteiger partial charge in [0.25, 0.3) is 0 Å². The molecule has 0 aromatic heterocycles. The van der Waals surface area contributed by atoms with Crippen LogP contribution >= 0.6 is 11.6 Å². The van der Waals surface area contributed by atoms with E-state index in [0.717, 1.165) is 9.87 Å². The molecule has 0 heterocycles. The van der Waals surface area contributed by atoms with Crippen LogP contribution in [0.3, 0.4) is 0 Å². The van der Waals surface area contributed by atoms with Gasteiger partial charge in [-0.3, -0.25) is 0 Å². The first-order valence-corrected chi connectivity index (χ1v) is 6.81. The number of likely N-dealkylation sites (N-methyl/N-ethyl adjacent to an activating group) is 1. The fourth-order valence-electron chi connectivity index (χ4n) is 1.31. The summed E-state index contributed by atoms with van der Waals surface area (Å²) in [5, 5.41) is 8.88. The van der Waals surface area contributed by atoms with E-state index >= 15 is 0 Å². The molecule has 1 aromatic carbocycles. The highest BCUT2D eigenvalue weighted by Gasteiger charge is 2.23. The maximum Gasteiger partial charge on any atom is 0.244 e. The number of aliphatic hydroxyl groups is 1. The average molecular weight is 279 g/mol. The Labute approximate surface area is 106 Å². The van der Waals surface area contributed by atoms with Crippen molar-refractivity contribution in [2.24, 2.45) is 5.73 Å². The molecule has 0 fully saturated rings. The van der Waals surface area contributed by atoms with Crippen molar-refractivity contribution < 1.29 is 13.5 Å². The van der Waals surface area contributed by atoms with E-state index in [4.69, 9.17) is 22.4 Å². The molecule has 1 aromatic rings. The minimum atomic E-state index is -3.66. The Morgan fingerprint density at radius 1 is 1.47 bits per heavy atom. The molecule has 1 rings (SSSR count). The van der Waals surface area contributed by atoms with Crippen LogP contribution in [0.15, 0.2) is 23.1 Å². The monoisotopic (exact) mass is 278 g/mol. The number of nitrogens with zero attached hydrogens (tertiary/aromatic N) is 1. The van der Waals surface area contributed by atoms with Gasteiger partial charge in [0.15, 0.2) is 0 Å². The van der Waals surface area contributed by atoms with Crippen LogP contribution in [0.4, 0.5) is 0 Å². The molecule has 0 unspecified atom stereocenters. The van der Waals surface area contributed by atoms with Gasteiger partial charge in [0.2, 0.25) is 10.0 Å². The van der Waals surface area contributed by atoms with Gasteiger partial charge >= 0.3 is 0 Å². The zero-order valence-electron chi connectivity index (χ0n) is 9.43. The molecule has 3 N–H and O–H groups in total. The molecule has 0 radical (unpaired) electrons. The molecule has 0 saturated carbocycles. The van der Waals surface area contributed by atoms with Gasteiger partial charge in [-0.05, 0) is 17.7 Å². The van der Waals surface area contributed by atoms with Crippen LogP contribution in [0, 0.1) is 0 Å². The molecule has 0 aliphatic heterocycles. The fraction of sp³-hybridized carbons (Fsp3) is 0.400. The summed E-state index contributed by atoms with van der Waals surface area (Å²) in [5.41, 5.74) is 6.20. The molecule has 96 valence electrons. The molecular weight excluding hydrogens is 264 g/mol. The SMILES string of the molecule is CN(CCO)S(=O)(=O)c1ccc(CN)cc1Cl. The average Bonchev–Trinajstić information content (AvgIpc) is 2.28. The maximum absolute atomic E-state index is 12.0. The van der Waals surface area contributed by atoms with Crippen molar-refractivity contribution in [2.45, 2.75) is 11.4 Å². The smallest absolute Gasteiger partial charge is 0.244 e. The van der Waals surface area contributed by atoms with Crippen molar-refractivity contribution >= 4 is 21.6 Å². The molecule has 0 amide bonds. The Hall–Kier alpha value is -0.660. The largest absolute Gasteiger partial charge is 0.395 e. The van der Waals surface area contributed by atoms with Crippen LogP contribution in [-0.2, 0) is 16.6 Å². The van der Waals surface area contributed by atoms with Crippen LogP contribution in [0.5, 0.6) is 0 Å². The van der Waals surface area contributed by atoms with E-state index < -0.39 is 10.0 Å². The summed E-state index contributed by atoms with van der Waals surface area (Å²) in [6, 6.07) is 4.57. The number of halogens is 1. The molecule has 0 atom stereocenters. The van der Waals surface area contributed by atoms with E-state index in [9.17, 15) is 8.42 Å². The number of hydrogen-bond acceptors (Lipinski definition) is 4. The first-order valence-electron chi connectivity index (χ1n) is 4.99. The van der Waals surface area contributed by atoms with Gasteiger partial charge in [0.1, 0.15) is 4.90 Å². The second-order valence-corrected chi connectivity index (χ2v) is 5.94. The molecule has 0 bridgehead atoms. The summed E-state index contributed by atoms with van der Waals surface area (Å²) < 4.78 is 25.1. The molecule has 0 spiro atoms. The summed E-state index contributed by atoms with van der Waals surface area (Å²) >= 11 is 5.91. The minimum absolute atomic E-state index is 0.0207. The number of sulfonamides is 1. The molecule has 17 heavy (non-hydrogen) atoms. The van der Waals surface area contributed by atoms with Crippen molar-refractivity contribution in [3.63, 3.8) is 0 Å². The molecule has 0 aliphatic carbocycles. The van der Waals surface area contributed by atoms with Gasteiger partial charge < -0.3 is 10.8 Å². The number of benzene rings is 1. The topological polar surface area (TPSA) is 83.6 Å². The van der Waals surface area contributed by atoms with Gasteiger partial charge in [-0.1, -0.05) is 17.7 Å². The normalized spacial score (nSPS) is 12.1. The van der Waals surface area contributed by atoms with Gasteiger partial charge in [-0.25, -0.2) is 8.42 Å². The van der Waals surface area contributed by atoms with Crippen molar-refractivity contribution in [3.8, 4) is 0 Å². The van der Waals surface area contributed by atoms with Crippen molar-refractivity contribution in [3.05, 3.63) is 28.8 Å². The zero-order valence-corrected chi connectivity index (χ0v) is 11.0. The lowest BCUT2D eigenvalue weighted by Gasteiger charge is -2.17. The Bertz CT molecular complexity index is 490. The third kappa shape index (κ3) is 3.17. The van der Waals surface area contributed by atoms with Crippen LogP contribution in [0.1, 0.15) is 5.56 Å². The number of nitrogens with two attached hydrogens (primary N) is 1. The summed E-state index contributed by atoms with van der Waals surface area (Å²) in [5.74, 6) is 0. The van der Waals surface area contributed by atoms with Gasteiger partial charge in [-0.2, -0.15) is 4.31 Å². The second kappa shape index (κ2) is 5.79. The maximum atomic E-state index is 12.0. The molecule has 7 heteroatoms. The van der Waals surface area contributed by atoms with Gasteiger partial charge in [0, 0.05) is 20.1 Å². The first kappa shape index (κ1) is 14.4. The highest BCUT2D eigenvalue weighted by Crippen LogP contribution is 2.24. The fourth-order valence-corrected chi connectivity index (χ4v) is 3.01. The van der Waals surface area contributed by atoms with Crippen LogP contribution in [0.25, 0.3) is 0 Å². The third-order valence-corrected chi connectivity index (χ3v) is 4.67. The van der Waals surface area contributed by atoms with Crippen LogP contribution in [0.2, 0.25) is 5.02 Å². The molecular formula is C10H15ClN2O3S. The molecule has 0 saturated heterocycles. The van der Waals surface area contributed by atoms with Gasteiger partial charge in [0.05, 0.1) is 11.6 Å². The summed E-state index contributed by atoms with van der Waals surface area (Å²) in [7, 11) is -2.27. The Kier molecular flexibility index (Phi) is 4.91. The highest BCUT2D eigenvalue weighted by atomic mass is 35.5. The van der Waals surface area contributed by atoms with E-state index in [1.807, 2.05) is 0 Å². The molecule has 5 nitrogen and oxygen atoms in total. The standard InChI is InChI=1S/C10H15ClN2O3S/c1-13(4-5-14)17(15,16)10-3-2-8(7-12)6-9(10)11/h2-3,6,14H,4-5,7,12H2,1H3. The minimum Gasteiger partial charge on any atom is -0.395 e. The third-order valence-electron chi connectivity index (χ3n) is 2.34. The lowest BCUT2D eigenvalue weighted by molar-refractivity contribution is 0.266. The van der Waals surface area contributed by atoms with E-state index in [-0.39, 0.29) is 23.1 Å². The predicted octanol–water partition coefficient (Wildman–Crippen LogP) is 0.412. The van der Waals surface area contributed by atoms with Crippen molar-refractivity contribution in [1.82, 2.24) is 4.31 Å². The summed E-state index contributed by atoms with van der Waals surface area (Å²) in [6.07, 6.45) is 0. The first-order chi connectivity index (χ1) is 7.93. The van der Waals surface area contributed by atoms with E-state index in [1.165, 1.54) is 19.2 Å². The van der Waals surface area contributed by atoms with Gasteiger partial charge in [-0.15, -0.1) is 0 Å². The van der Waals surface area contributed by atoms with E-state index in [1.54, 1.807) is 6.07 Å². The highest BCUT2D eigenvalue weighted by molar-refractivity contribution is 7.89. The van der Waals surface area contributed by atoms with Crippen LogP contribution < -0.4 is 5.73 Å². The summed E-state index contributed by atoms with van der Waals surface area (Å²) in [6.45, 7) is 0.0814. The van der Waals surface area contributed by atoms with Crippen LogP contribution in [-0.4, -0.2) is 38.0 Å². The predicted molar refractivity (Wildman–Crippen MR) is 66.2 cm³/mol. The second-order valence-electron chi connectivity index (χ2n) is 3.52. The summed E-state index contributed by atoms with van der Waals surface area (Å²) in [4.78, 5) is 0.0207. The number of hydrogen-bond donors (Lipinski definition) is 2.